The van der Waals surface area contributed by atoms with Gasteiger partial charge in [0.05, 0.1) is 0 Å². The van der Waals surface area contributed by atoms with Crippen LogP contribution in [0.4, 0.5) is 0 Å². The fourth-order valence-corrected chi connectivity index (χ4v) is 4.17. The number of benzene rings is 2. The number of carbonyl (C=O) groups is 1. The van der Waals surface area contributed by atoms with Crippen LogP contribution < -0.4 is 10.1 Å². The lowest BCUT2D eigenvalue weighted by molar-refractivity contribution is -0.136. The highest BCUT2D eigenvalue weighted by Crippen LogP contribution is 2.43. The summed E-state index contributed by atoms with van der Waals surface area (Å²) in [4.78, 5) is 16.3. The van der Waals surface area contributed by atoms with E-state index in [9.17, 15) is 9.90 Å². The van der Waals surface area contributed by atoms with Crippen molar-refractivity contribution >= 4 is 16.8 Å². The zero-order chi connectivity index (χ0) is 20.8. The van der Waals surface area contributed by atoms with Gasteiger partial charge < -0.3 is 20.1 Å². The summed E-state index contributed by atoms with van der Waals surface area (Å²) in [6, 6.07) is 10.3. The van der Waals surface area contributed by atoms with Crippen LogP contribution in [-0.4, -0.2) is 28.1 Å². The first-order valence-corrected chi connectivity index (χ1v) is 10.2. The van der Waals surface area contributed by atoms with Crippen molar-refractivity contribution in [1.82, 2.24) is 10.3 Å². The third kappa shape index (κ3) is 3.35. The normalized spacial score (nSPS) is 18.3. The smallest absolute Gasteiger partial charge is 0.263 e. The van der Waals surface area contributed by atoms with E-state index in [1.54, 1.807) is 0 Å². The number of hydrogen-bond donors (Lipinski definition) is 3. The third-order valence-corrected chi connectivity index (χ3v) is 6.27. The Morgan fingerprint density at radius 3 is 2.72 bits per heavy atom. The Labute approximate surface area is 171 Å². The first kappa shape index (κ1) is 19.4. The van der Waals surface area contributed by atoms with Gasteiger partial charge >= 0.3 is 0 Å². The highest BCUT2D eigenvalue weighted by Gasteiger charge is 2.40. The van der Waals surface area contributed by atoms with Crippen LogP contribution in [0.3, 0.4) is 0 Å². The lowest BCUT2D eigenvalue weighted by Gasteiger charge is -2.36. The summed E-state index contributed by atoms with van der Waals surface area (Å²) in [7, 11) is 0. The van der Waals surface area contributed by atoms with Crippen LogP contribution in [0.2, 0.25) is 0 Å². The number of fused-ring (bicyclic) bond motifs is 2. The number of phenolic OH excluding ortho intramolecular Hbond substituents is 1. The van der Waals surface area contributed by atoms with Gasteiger partial charge in [0.2, 0.25) is 0 Å². The van der Waals surface area contributed by atoms with E-state index in [1.807, 2.05) is 39.8 Å². The number of ether oxygens (including phenoxy) is 1. The molecule has 1 atom stereocenters. The van der Waals surface area contributed by atoms with Crippen molar-refractivity contribution in [3.05, 3.63) is 58.3 Å². The summed E-state index contributed by atoms with van der Waals surface area (Å²) in [5.74, 6) is 0.982. The van der Waals surface area contributed by atoms with E-state index in [1.165, 1.54) is 5.39 Å². The first-order valence-electron chi connectivity index (χ1n) is 10.2. The van der Waals surface area contributed by atoms with Crippen molar-refractivity contribution in [1.29, 1.82) is 0 Å². The Bertz CT molecular complexity index is 1070. The van der Waals surface area contributed by atoms with E-state index >= 15 is 0 Å². The number of rotatable bonds is 4. The summed E-state index contributed by atoms with van der Waals surface area (Å²) < 4.78 is 6.25. The number of amides is 1. The highest BCUT2D eigenvalue weighted by atomic mass is 16.5. The monoisotopic (exact) mass is 392 g/mol. The van der Waals surface area contributed by atoms with Gasteiger partial charge in [-0.05, 0) is 68.3 Å². The van der Waals surface area contributed by atoms with E-state index in [0.717, 1.165) is 45.6 Å². The highest BCUT2D eigenvalue weighted by molar-refractivity contribution is 5.86. The summed E-state index contributed by atoms with van der Waals surface area (Å²) in [5, 5.41) is 14.5. The third-order valence-electron chi connectivity index (χ3n) is 6.27. The summed E-state index contributed by atoms with van der Waals surface area (Å²) >= 11 is 0. The van der Waals surface area contributed by atoms with Crippen molar-refractivity contribution in [2.24, 2.45) is 0 Å². The Kier molecular flexibility index (Phi) is 4.77. The fraction of sp³-hybridized carbons (Fsp3) is 0.375. The van der Waals surface area contributed by atoms with Gasteiger partial charge in [-0.3, -0.25) is 4.79 Å². The lowest BCUT2D eigenvalue weighted by atomic mass is 9.86. The molecule has 1 amide bonds. The average molecular weight is 392 g/mol. The van der Waals surface area contributed by atoms with Crippen LogP contribution >= 0.6 is 0 Å². The lowest BCUT2D eigenvalue weighted by Crippen LogP contribution is -2.51. The van der Waals surface area contributed by atoms with Crippen molar-refractivity contribution in [3.63, 3.8) is 0 Å². The number of aromatic nitrogens is 1. The largest absolute Gasteiger partial charge is 0.507 e. The van der Waals surface area contributed by atoms with E-state index in [2.05, 4.69) is 28.5 Å². The molecule has 152 valence electrons. The van der Waals surface area contributed by atoms with Crippen molar-refractivity contribution in [2.45, 2.75) is 52.6 Å². The maximum atomic E-state index is 12.9. The molecule has 0 radical (unpaired) electrons. The molecule has 5 heteroatoms. The maximum absolute atomic E-state index is 12.9. The molecule has 2 heterocycles. The minimum Gasteiger partial charge on any atom is -0.507 e. The summed E-state index contributed by atoms with van der Waals surface area (Å²) in [5.41, 5.74) is 4.87. The van der Waals surface area contributed by atoms with Gasteiger partial charge in [-0.25, -0.2) is 0 Å². The van der Waals surface area contributed by atoms with E-state index in [0.29, 0.717) is 25.1 Å². The zero-order valence-corrected chi connectivity index (χ0v) is 17.5. The van der Waals surface area contributed by atoms with Crippen LogP contribution in [0.1, 0.15) is 41.3 Å². The van der Waals surface area contributed by atoms with Gasteiger partial charge in [0.25, 0.3) is 5.91 Å². The predicted octanol–water partition coefficient (Wildman–Crippen LogP) is 4.24. The van der Waals surface area contributed by atoms with Crippen LogP contribution in [0.25, 0.3) is 10.9 Å². The second-order valence-electron chi connectivity index (χ2n) is 8.25. The molecular weight excluding hydrogens is 364 g/mol. The number of aromatic hydroxyl groups is 1. The number of para-hydroxylation sites is 1. The molecule has 0 aliphatic carbocycles. The van der Waals surface area contributed by atoms with E-state index < -0.39 is 5.60 Å². The molecule has 0 saturated carbocycles. The average Bonchev–Trinajstić information content (AvgIpc) is 3.13. The quantitative estimate of drug-likeness (QED) is 0.622. The molecule has 1 aliphatic heterocycles. The van der Waals surface area contributed by atoms with Crippen molar-refractivity contribution < 1.29 is 14.6 Å². The van der Waals surface area contributed by atoms with Gasteiger partial charge in [-0.1, -0.05) is 18.2 Å². The molecule has 3 aromatic rings. The minimum absolute atomic E-state index is 0.0953. The molecule has 29 heavy (non-hydrogen) atoms. The topological polar surface area (TPSA) is 74.4 Å². The van der Waals surface area contributed by atoms with Crippen molar-refractivity contribution in [3.8, 4) is 11.5 Å². The standard InChI is InChI=1S/C24H28N2O3/c1-14-15(2)22-19(16(3)21(14)27)9-11-24(4,29-22)23(28)25-12-10-18-13-17-7-5-6-8-20(17)26-18/h5-8,13,26-27H,9-12H2,1-4H3,(H,25,28). The van der Waals surface area contributed by atoms with Gasteiger partial charge in [0.1, 0.15) is 11.5 Å². The second-order valence-corrected chi connectivity index (χ2v) is 8.25. The zero-order valence-electron chi connectivity index (χ0n) is 17.5. The van der Waals surface area contributed by atoms with Gasteiger partial charge in [-0.2, -0.15) is 0 Å². The number of hydrogen-bond acceptors (Lipinski definition) is 3. The molecule has 0 bridgehead atoms. The first-order chi connectivity index (χ1) is 13.8. The molecule has 4 rings (SSSR count). The summed E-state index contributed by atoms with van der Waals surface area (Å²) in [6.07, 6.45) is 2.03. The fourth-order valence-electron chi connectivity index (χ4n) is 4.17. The van der Waals surface area contributed by atoms with Crippen molar-refractivity contribution in [2.75, 3.05) is 6.54 Å². The Morgan fingerprint density at radius 2 is 1.97 bits per heavy atom. The van der Waals surface area contributed by atoms with E-state index in [4.69, 9.17) is 4.74 Å². The molecule has 3 N–H and O–H groups in total. The Morgan fingerprint density at radius 1 is 1.21 bits per heavy atom. The molecular formula is C24H28N2O3. The summed E-state index contributed by atoms with van der Waals surface area (Å²) in [6.45, 7) is 8.13. The SMILES string of the molecule is Cc1c(C)c2c(c(C)c1O)CCC(C)(C(=O)NCCc1cc3ccccc3[nH]1)O2. The number of nitrogens with one attached hydrogen (secondary N) is 2. The molecule has 1 aliphatic rings. The molecule has 1 unspecified atom stereocenters. The Balaban J connectivity index is 1.45. The van der Waals surface area contributed by atoms with Gasteiger partial charge in [0.15, 0.2) is 5.60 Å². The van der Waals surface area contributed by atoms with E-state index in [-0.39, 0.29) is 5.91 Å². The minimum atomic E-state index is -0.909. The molecule has 5 nitrogen and oxygen atoms in total. The van der Waals surface area contributed by atoms with Gasteiger partial charge in [0, 0.05) is 36.2 Å². The molecule has 2 aromatic carbocycles. The Hall–Kier alpha value is -2.95. The number of aromatic amines is 1. The number of H-pyrrole nitrogens is 1. The molecule has 1 aromatic heterocycles. The molecule has 0 saturated heterocycles. The van der Waals surface area contributed by atoms with Crippen LogP contribution in [0, 0.1) is 20.8 Å². The molecule has 0 spiro atoms. The van der Waals surface area contributed by atoms with Crippen LogP contribution in [0.5, 0.6) is 11.5 Å². The predicted molar refractivity (Wildman–Crippen MR) is 115 cm³/mol. The van der Waals surface area contributed by atoms with Crippen LogP contribution in [-0.2, 0) is 17.6 Å². The molecule has 0 fully saturated rings. The maximum Gasteiger partial charge on any atom is 0.263 e. The second kappa shape index (κ2) is 7.14. The number of phenols is 1. The number of carbonyl (C=O) groups excluding carboxylic acids is 1. The van der Waals surface area contributed by atoms with Crippen LogP contribution in [0.15, 0.2) is 30.3 Å². The van der Waals surface area contributed by atoms with Gasteiger partial charge in [-0.15, -0.1) is 0 Å².